The molecule has 2 aliphatic rings. The van der Waals surface area contributed by atoms with E-state index in [9.17, 15) is 9.90 Å². The summed E-state index contributed by atoms with van der Waals surface area (Å²) in [5.41, 5.74) is 2.56. The van der Waals surface area contributed by atoms with E-state index in [0.717, 1.165) is 42.0 Å². The second-order valence-corrected chi connectivity index (χ2v) is 7.46. The van der Waals surface area contributed by atoms with E-state index in [4.69, 9.17) is 0 Å². The predicted octanol–water partition coefficient (Wildman–Crippen LogP) is 0.710. The molecule has 8 nitrogen and oxygen atoms in total. The van der Waals surface area contributed by atoms with Gasteiger partial charge in [-0.15, -0.1) is 0 Å². The molecule has 1 aliphatic heterocycles. The molecule has 4 rings (SSSR count). The van der Waals surface area contributed by atoms with Gasteiger partial charge in [-0.1, -0.05) is 0 Å². The molecule has 1 atom stereocenters. The summed E-state index contributed by atoms with van der Waals surface area (Å²) in [6.07, 6.45) is 5.04. The fourth-order valence-electron chi connectivity index (χ4n) is 3.98. The van der Waals surface area contributed by atoms with Crippen molar-refractivity contribution < 1.29 is 9.90 Å². The summed E-state index contributed by atoms with van der Waals surface area (Å²) < 4.78 is 0. The second-order valence-electron chi connectivity index (χ2n) is 7.46. The first-order valence-electron chi connectivity index (χ1n) is 9.03. The average Bonchev–Trinajstić information content (AvgIpc) is 3.29. The Morgan fingerprint density at radius 2 is 2.27 bits per heavy atom. The molecular weight excluding hydrogens is 332 g/mol. The number of hydrogen-bond acceptors (Lipinski definition) is 6. The lowest BCUT2D eigenvalue weighted by molar-refractivity contribution is 0.0261. The molecule has 1 fully saturated rings. The van der Waals surface area contributed by atoms with Gasteiger partial charge in [0.2, 0.25) is 0 Å². The maximum absolute atomic E-state index is 12.8. The number of likely N-dealkylation sites (N-methyl/N-ethyl adjacent to an activating group) is 1. The third-order valence-electron chi connectivity index (χ3n) is 5.33. The number of nitrogens with one attached hydrogen (secondary N) is 1. The number of rotatable bonds is 4. The van der Waals surface area contributed by atoms with E-state index in [0.29, 0.717) is 25.2 Å². The molecule has 8 heteroatoms. The summed E-state index contributed by atoms with van der Waals surface area (Å²) >= 11 is 0. The van der Waals surface area contributed by atoms with Crippen LogP contribution in [0.2, 0.25) is 0 Å². The molecule has 0 spiro atoms. The first-order valence-corrected chi connectivity index (χ1v) is 9.03. The number of fused-ring (bicyclic) bond motifs is 1. The Morgan fingerprint density at radius 1 is 1.42 bits per heavy atom. The molecular formula is C18H24N6O2. The van der Waals surface area contributed by atoms with Crippen LogP contribution in [-0.4, -0.2) is 68.4 Å². The zero-order chi connectivity index (χ0) is 18.3. The quantitative estimate of drug-likeness (QED) is 0.837. The zero-order valence-electron chi connectivity index (χ0n) is 15.2. The number of aromatic nitrogens is 4. The van der Waals surface area contributed by atoms with Crippen molar-refractivity contribution in [1.82, 2.24) is 25.1 Å². The Hall–Kier alpha value is -2.48. The van der Waals surface area contributed by atoms with Crippen molar-refractivity contribution in [1.29, 1.82) is 0 Å². The van der Waals surface area contributed by atoms with Gasteiger partial charge in [-0.05, 0) is 32.6 Å². The van der Waals surface area contributed by atoms with E-state index in [1.807, 2.05) is 17.9 Å². The van der Waals surface area contributed by atoms with Gasteiger partial charge in [0.15, 0.2) is 5.69 Å². The van der Waals surface area contributed by atoms with Crippen LogP contribution >= 0.6 is 0 Å². The van der Waals surface area contributed by atoms with Crippen LogP contribution in [0.3, 0.4) is 0 Å². The van der Waals surface area contributed by atoms with Crippen LogP contribution < -0.4 is 4.90 Å². The third kappa shape index (κ3) is 3.05. The summed E-state index contributed by atoms with van der Waals surface area (Å²) in [6.45, 7) is 3.34. The number of nitrogens with zero attached hydrogens (tertiary/aromatic N) is 5. The molecule has 2 aromatic heterocycles. The Bertz CT molecular complexity index is 835. The normalized spacial score (nSPS) is 21.9. The maximum Gasteiger partial charge on any atom is 0.274 e. The fourth-order valence-corrected chi connectivity index (χ4v) is 3.98. The number of H-pyrrole nitrogens is 1. The van der Waals surface area contributed by atoms with Crippen molar-refractivity contribution in [3.05, 3.63) is 35.0 Å². The van der Waals surface area contributed by atoms with Crippen molar-refractivity contribution in [2.75, 3.05) is 31.6 Å². The van der Waals surface area contributed by atoms with E-state index >= 15 is 0 Å². The van der Waals surface area contributed by atoms with E-state index in [2.05, 4.69) is 20.2 Å². The Balaban J connectivity index is 1.44. The lowest BCUT2D eigenvalue weighted by Gasteiger charge is -2.29. The standard InChI is InChI=1S/C18H24N6O2/c1-12-8-15(20-11-19-12)24-7-6-18(26,10-24)9-23(2)17(25)16-13-4-3-5-14(13)21-22-16/h8,11,26H,3-7,9-10H2,1-2H3,(H,21,22). The molecule has 26 heavy (non-hydrogen) atoms. The number of β-amino-alcohol motifs (C(OH)–C–C–N with tert-alkyl or cyclic N) is 1. The van der Waals surface area contributed by atoms with Crippen molar-refractivity contribution >= 4 is 11.7 Å². The number of aliphatic hydroxyl groups is 1. The van der Waals surface area contributed by atoms with Crippen LogP contribution in [0.15, 0.2) is 12.4 Å². The van der Waals surface area contributed by atoms with Crippen molar-refractivity contribution in [3.8, 4) is 0 Å². The molecule has 1 amide bonds. The van der Waals surface area contributed by atoms with Gasteiger partial charge in [0.25, 0.3) is 5.91 Å². The number of aromatic amines is 1. The Kier molecular flexibility index (Phi) is 4.14. The molecule has 0 saturated carbocycles. The van der Waals surface area contributed by atoms with Gasteiger partial charge in [0.1, 0.15) is 17.7 Å². The van der Waals surface area contributed by atoms with Crippen molar-refractivity contribution in [2.45, 2.75) is 38.2 Å². The molecule has 3 heterocycles. The number of carbonyl (C=O) groups is 1. The van der Waals surface area contributed by atoms with Crippen LogP contribution in [0.1, 0.15) is 40.3 Å². The molecule has 0 bridgehead atoms. The highest BCUT2D eigenvalue weighted by atomic mass is 16.3. The number of hydrogen-bond donors (Lipinski definition) is 2. The predicted molar refractivity (Wildman–Crippen MR) is 96.1 cm³/mol. The van der Waals surface area contributed by atoms with Gasteiger partial charge in [0.05, 0.1) is 6.54 Å². The lowest BCUT2D eigenvalue weighted by Crippen LogP contribution is -2.46. The number of anilines is 1. The minimum absolute atomic E-state index is 0.130. The van der Waals surface area contributed by atoms with Crippen LogP contribution in [0, 0.1) is 6.92 Å². The van der Waals surface area contributed by atoms with Crippen LogP contribution in [0.4, 0.5) is 5.82 Å². The summed E-state index contributed by atoms with van der Waals surface area (Å²) in [6, 6.07) is 1.91. The maximum atomic E-state index is 12.8. The summed E-state index contributed by atoms with van der Waals surface area (Å²) in [5.74, 6) is 0.682. The second kappa shape index (κ2) is 6.35. The number of aryl methyl sites for hydroxylation is 2. The highest BCUT2D eigenvalue weighted by Gasteiger charge is 2.39. The summed E-state index contributed by atoms with van der Waals surface area (Å²) in [5, 5.41) is 18.2. The van der Waals surface area contributed by atoms with Crippen molar-refractivity contribution in [3.63, 3.8) is 0 Å². The fraction of sp³-hybridized carbons (Fsp3) is 0.556. The van der Waals surface area contributed by atoms with E-state index in [-0.39, 0.29) is 12.5 Å². The first-order chi connectivity index (χ1) is 12.5. The summed E-state index contributed by atoms with van der Waals surface area (Å²) in [4.78, 5) is 24.8. The molecule has 138 valence electrons. The minimum Gasteiger partial charge on any atom is -0.386 e. The molecule has 1 aliphatic carbocycles. The van der Waals surface area contributed by atoms with Gasteiger partial charge in [-0.3, -0.25) is 9.89 Å². The highest BCUT2D eigenvalue weighted by molar-refractivity contribution is 5.94. The monoisotopic (exact) mass is 356 g/mol. The van der Waals surface area contributed by atoms with Crippen molar-refractivity contribution in [2.24, 2.45) is 0 Å². The van der Waals surface area contributed by atoms with Crippen LogP contribution in [0.25, 0.3) is 0 Å². The SMILES string of the molecule is Cc1cc(N2CCC(O)(CN(C)C(=O)c3n[nH]c4c3CCC4)C2)ncn1. The molecule has 0 aromatic carbocycles. The minimum atomic E-state index is -0.956. The van der Waals surface area contributed by atoms with Gasteiger partial charge < -0.3 is 14.9 Å². The molecule has 1 unspecified atom stereocenters. The highest BCUT2D eigenvalue weighted by Crippen LogP contribution is 2.28. The van der Waals surface area contributed by atoms with E-state index in [1.54, 1.807) is 11.9 Å². The Labute approximate surface area is 152 Å². The largest absolute Gasteiger partial charge is 0.386 e. The van der Waals surface area contributed by atoms with E-state index in [1.165, 1.54) is 6.33 Å². The van der Waals surface area contributed by atoms with Gasteiger partial charge in [0, 0.05) is 43.2 Å². The van der Waals surface area contributed by atoms with Gasteiger partial charge >= 0.3 is 0 Å². The molecule has 2 aromatic rings. The molecule has 2 N–H and O–H groups in total. The smallest absolute Gasteiger partial charge is 0.274 e. The molecule has 0 radical (unpaired) electrons. The number of carbonyl (C=O) groups excluding carboxylic acids is 1. The van der Waals surface area contributed by atoms with Crippen LogP contribution in [-0.2, 0) is 12.8 Å². The van der Waals surface area contributed by atoms with E-state index < -0.39 is 5.60 Å². The lowest BCUT2D eigenvalue weighted by atomic mass is 10.0. The first kappa shape index (κ1) is 17.0. The van der Waals surface area contributed by atoms with Gasteiger partial charge in [-0.2, -0.15) is 5.10 Å². The summed E-state index contributed by atoms with van der Waals surface area (Å²) in [7, 11) is 1.73. The van der Waals surface area contributed by atoms with Gasteiger partial charge in [-0.25, -0.2) is 9.97 Å². The third-order valence-corrected chi connectivity index (χ3v) is 5.33. The Morgan fingerprint density at radius 3 is 3.08 bits per heavy atom. The van der Waals surface area contributed by atoms with Crippen LogP contribution in [0.5, 0.6) is 0 Å². The number of amides is 1. The molecule has 1 saturated heterocycles. The topological polar surface area (TPSA) is 98.2 Å². The zero-order valence-corrected chi connectivity index (χ0v) is 15.2. The average molecular weight is 356 g/mol.